The number of nitro groups is 1. The van der Waals surface area contributed by atoms with E-state index in [1.54, 1.807) is 26.8 Å². The van der Waals surface area contributed by atoms with Crippen molar-refractivity contribution in [2.75, 3.05) is 7.11 Å². The molecule has 4 aliphatic carbocycles. The third kappa shape index (κ3) is 6.53. The summed E-state index contributed by atoms with van der Waals surface area (Å²) in [4.78, 5) is 65.3. The first-order valence-corrected chi connectivity index (χ1v) is 19.3. The highest BCUT2D eigenvalue weighted by Gasteiger charge is 2.64. The molecule has 0 aromatic rings. The smallest absolute Gasteiger partial charge is 0.407 e. The molecule has 6 rings (SSSR count). The first-order valence-electron chi connectivity index (χ1n) is 19.3. The summed E-state index contributed by atoms with van der Waals surface area (Å²) in [6.45, 7) is 12.4. The first kappa shape index (κ1) is 41.5. The number of rotatable bonds is 5. The quantitative estimate of drug-likeness (QED) is 0.0768. The number of nitrogens with one attached hydrogen (secondary N) is 1. The molecule has 2 heterocycles. The van der Waals surface area contributed by atoms with Crippen LogP contribution in [0.1, 0.15) is 74.1 Å². The number of fused-ring (bicyclic) bond motifs is 4. The van der Waals surface area contributed by atoms with Gasteiger partial charge in [0.25, 0.3) is 0 Å². The number of ether oxygens (including phenoxy) is 4. The molecule has 1 spiro atoms. The fraction of sp³-hybridized carbons (Fsp3) is 0.659. The molecule has 0 radical (unpaired) electrons. The van der Waals surface area contributed by atoms with Gasteiger partial charge in [-0.05, 0) is 68.6 Å². The zero-order valence-electron chi connectivity index (χ0n) is 33.1. The predicted octanol–water partition coefficient (Wildman–Crippen LogP) is 4.21. The van der Waals surface area contributed by atoms with Gasteiger partial charge in [-0.25, -0.2) is 9.59 Å². The van der Waals surface area contributed by atoms with Crippen LogP contribution in [0.2, 0.25) is 0 Å². The van der Waals surface area contributed by atoms with Crippen LogP contribution in [0.25, 0.3) is 0 Å². The Morgan fingerprint density at radius 1 is 1.09 bits per heavy atom. The lowest BCUT2D eigenvalue weighted by atomic mass is 9.49. The maximum atomic E-state index is 14.9. The maximum Gasteiger partial charge on any atom is 0.407 e. The van der Waals surface area contributed by atoms with E-state index in [0.29, 0.717) is 18.3 Å². The highest BCUT2D eigenvalue weighted by atomic mass is 16.7. The maximum absolute atomic E-state index is 14.9. The van der Waals surface area contributed by atoms with E-state index in [1.807, 2.05) is 39.0 Å². The molecule has 0 aromatic heterocycles. The number of alkyl carbamates (subject to hydrolysis) is 1. The summed E-state index contributed by atoms with van der Waals surface area (Å²) >= 11 is 0. The Kier molecular flexibility index (Phi) is 11.1. The van der Waals surface area contributed by atoms with E-state index in [0.717, 1.165) is 12.7 Å². The average Bonchev–Trinajstić information content (AvgIpc) is 3.38. The van der Waals surface area contributed by atoms with Crippen LogP contribution in [0.5, 0.6) is 0 Å². The molecule has 56 heavy (non-hydrogen) atoms. The summed E-state index contributed by atoms with van der Waals surface area (Å²) in [7, 11) is 1.15. The average molecular weight is 783 g/mol. The molecule has 0 unspecified atom stereocenters. The van der Waals surface area contributed by atoms with Crippen molar-refractivity contribution in [3.63, 3.8) is 0 Å². The molecule has 0 aromatic carbocycles. The van der Waals surface area contributed by atoms with Crippen molar-refractivity contribution in [1.29, 1.82) is 0 Å². The standard InChI is InChI=1S/C41H54N2O13/c1-19-9-12-29(55-30-17-39(6,43(51)52)34(23(5)54-30)42-38(50)53-8)20(2)14-27-28(45)15-24(18-44)16-41(27)36(48)31(37(49)56-41)35(47)40(7)26(19)11-10-25-32(40)21(3)13-22(4)33(25)46/h9-11,14-15,18,21-23,25-30,32-34,45-47H,12-13,16-17H2,1-8H3,(H,42,50)/b19-9+,20-14+,35-31?/t21-,22-,23-,25-,26-,27+,28-,29-,30+,32+,33-,34+,39+,40+,41-/m1/s1. The molecule has 1 amide bonds. The number of hydrogen-bond donors (Lipinski definition) is 4. The van der Waals surface area contributed by atoms with Gasteiger partial charge in [-0.3, -0.25) is 19.7 Å². The van der Waals surface area contributed by atoms with Gasteiger partial charge in [-0.1, -0.05) is 50.6 Å². The highest BCUT2D eigenvalue weighted by molar-refractivity contribution is 6.26. The zero-order valence-corrected chi connectivity index (χ0v) is 33.1. The Balaban J connectivity index is 1.51. The molecule has 3 fully saturated rings. The third-order valence-electron chi connectivity index (χ3n) is 13.7. The summed E-state index contributed by atoms with van der Waals surface area (Å²) in [5.41, 5.74) is -4.40. The van der Waals surface area contributed by atoms with Crippen molar-refractivity contribution in [3.8, 4) is 0 Å². The number of aliphatic hydroxyl groups is 3. The summed E-state index contributed by atoms with van der Waals surface area (Å²) in [5.74, 6) is -5.13. The van der Waals surface area contributed by atoms with E-state index >= 15 is 0 Å². The molecule has 306 valence electrons. The molecule has 1 saturated carbocycles. The summed E-state index contributed by atoms with van der Waals surface area (Å²) in [6, 6.07) is -1.07. The lowest BCUT2D eigenvalue weighted by Crippen LogP contribution is -2.65. The number of allylic oxidation sites excluding steroid dienone is 3. The number of carbonyl (C=O) groups excluding carboxylic acids is 4. The Hall–Kier alpha value is -4.18. The van der Waals surface area contributed by atoms with Crippen LogP contribution in [0.3, 0.4) is 0 Å². The van der Waals surface area contributed by atoms with Crippen molar-refractivity contribution in [3.05, 3.63) is 68.5 Å². The zero-order chi connectivity index (χ0) is 41.2. The van der Waals surface area contributed by atoms with Crippen molar-refractivity contribution in [2.24, 2.45) is 40.9 Å². The number of carbonyl (C=O) groups is 4. The molecular weight excluding hydrogens is 728 g/mol. The summed E-state index contributed by atoms with van der Waals surface area (Å²) < 4.78 is 23.4. The van der Waals surface area contributed by atoms with Gasteiger partial charge < -0.3 is 39.6 Å². The van der Waals surface area contributed by atoms with Crippen LogP contribution < -0.4 is 5.32 Å². The number of aliphatic hydroxyl groups excluding tert-OH is 3. The molecule has 4 N–H and O–H groups in total. The van der Waals surface area contributed by atoms with Crippen molar-refractivity contribution in [1.82, 2.24) is 5.32 Å². The molecule has 15 nitrogen and oxygen atoms in total. The van der Waals surface area contributed by atoms with Gasteiger partial charge in [0, 0.05) is 35.5 Å². The number of ketones is 1. The second kappa shape index (κ2) is 15.0. The normalized spacial score (nSPS) is 45.7. The van der Waals surface area contributed by atoms with Crippen molar-refractivity contribution in [2.45, 2.75) is 122 Å². The molecule has 15 heteroatoms. The molecular formula is C41H54N2O13. The van der Waals surface area contributed by atoms with Crippen LogP contribution >= 0.6 is 0 Å². The SMILES string of the molecule is COC(=O)N[C@H]1[C@@H](C)O[C@@H](O[C@@H]2C/C=C(\C)[C@H]3C=C[C@H]4[C@H](O)[C@H](C)C[C@@H](C)[C@@H]4[C@@]3(C)C(O)=C3C(=O)O[C@@]4(CC(C=O)=C[C@@H](O)[C@@H]4/C=C/2C)C3=O)C[C@]1(C)[N+](=O)[O-]. The Morgan fingerprint density at radius 2 is 1.79 bits per heavy atom. The van der Waals surface area contributed by atoms with E-state index in [4.69, 9.17) is 18.9 Å². The predicted molar refractivity (Wildman–Crippen MR) is 199 cm³/mol. The van der Waals surface area contributed by atoms with E-state index in [2.05, 4.69) is 5.32 Å². The van der Waals surface area contributed by atoms with Gasteiger partial charge in [0.1, 0.15) is 23.7 Å². The topological polar surface area (TPSA) is 221 Å². The van der Waals surface area contributed by atoms with Crippen LogP contribution in [0, 0.1) is 51.0 Å². The lowest BCUT2D eigenvalue weighted by Gasteiger charge is -2.55. The van der Waals surface area contributed by atoms with Gasteiger partial charge in [0.15, 0.2) is 11.9 Å². The van der Waals surface area contributed by atoms with Gasteiger partial charge >= 0.3 is 12.1 Å². The van der Waals surface area contributed by atoms with Gasteiger partial charge in [-0.15, -0.1) is 0 Å². The van der Waals surface area contributed by atoms with Crippen LogP contribution in [0.4, 0.5) is 4.79 Å². The Bertz CT molecular complexity index is 1830. The molecule has 15 atom stereocenters. The second-order valence-corrected chi connectivity index (χ2v) is 17.2. The number of hydrogen-bond acceptors (Lipinski definition) is 13. The monoisotopic (exact) mass is 782 g/mol. The molecule has 2 aliphatic heterocycles. The minimum Gasteiger partial charge on any atom is -0.511 e. The van der Waals surface area contributed by atoms with Crippen molar-refractivity contribution < 1.29 is 58.4 Å². The number of Topliss-reactive ketones (excluding diaryl/α,β-unsaturated/α-hetero) is 1. The number of aldehydes is 1. The molecule has 2 saturated heterocycles. The largest absolute Gasteiger partial charge is 0.511 e. The Morgan fingerprint density at radius 3 is 2.43 bits per heavy atom. The summed E-state index contributed by atoms with van der Waals surface area (Å²) in [6.07, 6.45) is 3.32. The second-order valence-electron chi connectivity index (χ2n) is 17.2. The first-order chi connectivity index (χ1) is 26.2. The van der Waals surface area contributed by atoms with Crippen molar-refractivity contribution >= 4 is 24.1 Å². The number of esters is 1. The van der Waals surface area contributed by atoms with Crippen LogP contribution in [0.15, 0.2) is 58.4 Å². The lowest BCUT2D eigenvalue weighted by molar-refractivity contribution is -0.584. The minimum atomic E-state index is -2.10. The van der Waals surface area contributed by atoms with Gasteiger partial charge in [0.05, 0.1) is 43.9 Å². The highest BCUT2D eigenvalue weighted by Crippen LogP contribution is 2.60. The third-order valence-corrected chi connectivity index (χ3v) is 13.7. The van der Waals surface area contributed by atoms with Gasteiger partial charge in [0.2, 0.25) is 11.3 Å². The van der Waals surface area contributed by atoms with E-state index < -0.39 is 111 Å². The minimum absolute atomic E-state index is 0.0397. The molecule has 6 aliphatic rings. The van der Waals surface area contributed by atoms with E-state index in [-0.39, 0.29) is 36.7 Å². The summed E-state index contributed by atoms with van der Waals surface area (Å²) in [5, 5.41) is 50.6. The fourth-order valence-electron chi connectivity index (χ4n) is 10.8. The van der Waals surface area contributed by atoms with E-state index in [9.17, 15) is 44.6 Å². The Labute approximate surface area is 326 Å². The molecule has 2 bridgehead atoms. The van der Waals surface area contributed by atoms with Crippen LogP contribution in [-0.2, 0) is 33.3 Å². The number of amides is 1. The van der Waals surface area contributed by atoms with E-state index in [1.165, 1.54) is 13.0 Å². The van der Waals surface area contributed by atoms with Gasteiger partial charge in [-0.2, -0.15) is 0 Å². The number of nitrogens with zero attached hydrogens (tertiary/aromatic N) is 1. The number of methoxy groups -OCH3 is 1. The van der Waals surface area contributed by atoms with Crippen LogP contribution in [-0.4, -0.2) is 99.4 Å². The fourth-order valence-corrected chi connectivity index (χ4v) is 10.8.